The zero-order valence-electron chi connectivity index (χ0n) is 19.1. The minimum Gasteiger partial charge on any atom is -0.241 e. The number of rotatable bonds is 9. The Morgan fingerprint density at radius 2 is 1.65 bits per heavy atom. The van der Waals surface area contributed by atoms with Crippen molar-refractivity contribution in [1.29, 1.82) is 0 Å². The molecule has 3 nitrogen and oxygen atoms in total. The number of aryl methyl sites for hydroxylation is 1. The van der Waals surface area contributed by atoms with Crippen LogP contribution in [0.4, 0.5) is 0 Å². The highest BCUT2D eigenvalue weighted by Crippen LogP contribution is 2.36. The fourth-order valence-corrected chi connectivity index (χ4v) is 5.47. The average Bonchev–Trinajstić information content (AvgIpc) is 3.16. The maximum Gasteiger partial charge on any atom is 0.268 e. The molecule has 164 valence electrons. The van der Waals surface area contributed by atoms with Gasteiger partial charge in [0.2, 0.25) is 0 Å². The van der Waals surface area contributed by atoms with Crippen LogP contribution in [0.3, 0.4) is 0 Å². The Balaban J connectivity index is 2.28. The predicted octanol–water partition coefficient (Wildman–Crippen LogP) is 7.51. The van der Waals surface area contributed by atoms with Gasteiger partial charge >= 0.3 is 0 Å². The first kappa shape index (κ1) is 23.1. The van der Waals surface area contributed by atoms with Crippen molar-refractivity contribution in [3.63, 3.8) is 0 Å². The minimum atomic E-state index is -3.68. The molecule has 0 bridgehead atoms. The molecule has 0 aliphatic heterocycles. The van der Waals surface area contributed by atoms with E-state index in [1.54, 1.807) is 12.1 Å². The van der Waals surface area contributed by atoms with E-state index in [-0.39, 0.29) is 0 Å². The van der Waals surface area contributed by atoms with Crippen molar-refractivity contribution < 1.29 is 8.42 Å². The summed E-state index contributed by atoms with van der Waals surface area (Å²) in [4.78, 5) is 0.314. The number of benzene rings is 2. The highest BCUT2D eigenvalue weighted by Gasteiger charge is 2.23. The lowest BCUT2D eigenvalue weighted by atomic mass is 9.91. The summed E-state index contributed by atoms with van der Waals surface area (Å²) in [5.41, 5.74) is 5.50. The third-order valence-electron chi connectivity index (χ3n) is 5.66. The van der Waals surface area contributed by atoms with Crippen LogP contribution in [0, 0.1) is 6.92 Å². The third kappa shape index (κ3) is 4.85. The van der Waals surface area contributed by atoms with Crippen molar-refractivity contribution in [1.82, 2.24) is 3.97 Å². The number of allylic oxidation sites excluding steroid dienone is 4. The zero-order chi connectivity index (χ0) is 22.4. The molecule has 4 heteroatoms. The first-order valence-electron chi connectivity index (χ1n) is 11.2. The van der Waals surface area contributed by atoms with Gasteiger partial charge < -0.3 is 0 Å². The molecule has 0 saturated carbocycles. The van der Waals surface area contributed by atoms with Gasteiger partial charge in [-0.25, -0.2) is 12.4 Å². The van der Waals surface area contributed by atoms with Crippen LogP contribution >= 0.6 is 0 Å². The number of nitrogens with zero attached hydrogens (tertiary/aromatic N) is 1. The van der Waals surface area contributed by atoms with Crippen molar-refractivity contribution in [2.24, 2.45) is 0 Å². The topological polar surface area (TPSA) is 39.1 Å². The summed E-state index contributed by atoms with van der Waals surface area (Å²) in [6, 6.07) is 14.9. The maximum atomic E-state index is 13.6. The molecule has 0 amide bonds. The Hall–Kier alpha value is -2.59. The number of fused-ring (bicyclic) bond motifs is 1. The van der Waals surface area contributed by atoms with E-state index >= 15 is 0 Å². The van der Waals surface area contributed by atoms with Crippen LogP contribution in [-0.2, 0) is 10.0 Å². The van der Waals surface area contributed by atoms with Gasteiger partial charge in [-0.05, 0) is 56.9 Å². The number of hydrogen-bond acceptors (Lipinski definition) is 2. The first-order valence-corrected chi connectivity index (χ1v) is 12.6. The van der Waals surface area contributed by atoms with Crippen LogP contribution in [0.5, 0.6) is 0 Å². The van der Waals surface area contributed by atoms with Gasteiger partial charge in [0, 0.05) is 17.1 Å². The number of hydrogen-bond donors (Lipinski definition) is 0. The van der Waals surface area contributed by atoms with E-state index in [1.807, 2.05) is 56.4 Å². The van der Waals surface area contributed by atoms with E-state index in [0.29, 0.717) is 4.90 Å². The van der Waals surface area contributed by atoms with Gasteiger partial charge in [0.05, 0.1) is 10.4 Å². The second-order valence-electron chi connectivity index (χ2n) is 8.03. The molecular weight excluding hydrogens is 402 g/mol. The molecular formula is C27H33NO2S. The molecule has 1 heterocycles. The lowest BCUT2D eigenvalue weighted by molar-refractivity contribution is 0.589. The molecule has 0 fully saturated rings. The molecule has 0 aliphatic carbocycles. The van der Waals surface area contributed by atoms with Crippen molar-refractivity contribution in [2.75, 3.05) is 0 Å². The molecule has 0 radical (unpaired) electrons. The SMILES string of the molecule is C/C=C/C/C(CCC)=C(\CCC)c1cn(S(=O)(=O)c2ccc(C)cc2)c2ccccc12. The van der Waals surface area contributed by atoms with E-state index in [9.17, 15) is 8.42 Å². The Morgan fingerprint density at radius 3 is 2.29 bits per heavy atom. The lowest BCUT2D eigenvalue weighted by Gasteiger charge is -2.14. The summed E-state index contributed by atoms with van der Waals surface area (Å²) in [6.07, 6.45) is 11.1. The van der Waals surface area contributed by atoms with Crippen molar-refractivity contribution in [3.8, 4) is 0 Å². The molecule has 0 N–H and O–H groups in total. The molecule has 3 aromatic rings. The molecule has 0 unspecified atom stereocenters. The monoisotopic (exact) mass is 435 g/mol. The van der Waals surface area contributed by atoms with Crippen LogP contribution in [0.1, 0.15) is 64.0 Å². The van der Waals surface area contributed by atoms with Crippen molar-refractivity contribution in [3.05, 3.63) is 83.6 Å². The smallest absolute Gasteiger partial charge is 0.241 e. The van der Waals surface area contributed by atoms with E-state index in [2.05, 4.69) is 26.0 Å². The van der Waals surface area contributed by atoms with Gasteiger partial charge in [-0.2, -0.15) is 0 Å². The van der Waals surface area contributed by atoms with Gasteiger partial charge in [-0.1, -0.05) is 80.3 Å². The minimum absolute atomic E-state index is 0.314. The molecule has 0 atom stereocenters. The largest absolute Gasteiger partial charge is 0.268 e. The summed E-state index contributed by atoms with van der Waals surface area (Å²) in [5.74, 6) is 0. The summed E-state index contributed by atoms with van der Waals surface area (Å²) in [7, 11) is -3.68. The molecule has 31 heavy (non-hydrogen) atoms. The fourth-order valence-electron chi connectivity index (χ4n) is 4.10. The molecule has 3 rings (SSSR count). The predicted molar refractivity (Wildman–Crippen MR) is 132 cm³/mol. The number of aromatic nitrogens is 1. The maximum absolute atomic E-state index is 13.6. The van der Waals surface area contributed by atoms with Crippen LogP contribution in [0.25, 0.3) is 16.5 Å². The lowest BCUT2D eigenvalue weighted by Crippen LogP contribution is -2.11. The van der Waals surface area contributed by atoms with E-state index in [1.165, 1.54) is 15.1 Å². The Bertz CT molecular complexity index is 1200. The third-order valence-corrected chi connectivity index (χ3v) is 7.35. The summed E-state index contributed by atoms with van der Waals surface area (Å²) in [5, 5.41) is 0.996. The van der Waals surface area contributed by atoms with Gasteiger partial charge in [0.15, 0.2) is 0 Å². The molecule has 1 aromatic heterocycles. The molecule has 2 aromatic carbocycles. The summed E-state index contributed by atoms with van der Waals surface area (Å²) in [6.45, 7) is 8.39. The van der Waals surface area contributed by atoms with Crippen molar-refractivity contribution in [2.45, 2.75) is 64.7 Å². The van der Waals surface area contributed by atoms with Gasteiger partial charge in [-0.3, -0.25) is 0 Å². The van der Waals surface area contributed by atoms with Crippen LogP contribution in [0.15, 0.2) is 77.3 Å². The van der Waals surface area contributed by atoms with E-state index < -0.39 is 10.0 Å². The van der Waals surface area contributed by atoms with E-state index in [4.69, 9.17) is 0 Å². The summed E-state index contributed by atoms with van der Waals surface area (Å²) >= 11 is 0. The van der Waals surface area contributed by atoms with Gasteiger partial charge in [0.1, 0.15) is 0 Å². The van der Waals surface area contributed by atoms with Gasteiger partial charge in [0.25, 0.3) is 10.0 Å². The Kier molecular flexibility index (Phi) is 7.55. The van der Waals surface area contributed by atoms with Crippen LogP contribution in [-0.4, -0.2) is 12.4 Å². The number of para-hydroxylation sites is 1. The summed E-state index contributed by atoms with van der Waals surface area (Å²) < 4.78 is 28.6. The van der Waals surface area contributed by atoms with Crippen molar-refractivity contribution >= 4 is 26.5 Å². The average molecular weight is 436 g/mol. The van der Waals surface area contributed by atoms with Crippen LogP contribution < -0.4 is 0 Å². The normalized spacial score (nSPS) is 13.2. The molecule has 0 saturated heterocycles. The highest BCUT2D eigenvalue weighted by atomic mass is 32.2. The Morgan fingerprint density at radius 1 is 0.968 bits per heavy atom. The molecule has 0 aliphatic rings. The quantitative estimate of drug-likeness (QED) is 0.326. The fraction of sp³-hybridized carbons (Fsp3) is 0.333. The second-order valence-corrected chi connectivity index (χ2v) is 9.84. The van der Waals surface area contributed by atoms with Gasteiger partial charge in [-0.15, -0.1) is 0 Å². The highest BCUT2D eigenvalue weighted by molar-refractivity contribution is 7.90. The first-order chi connectivity index (χ1) is 14.9. The Labute approximate surface area is 187 Å². The van der Waals surface area contributed by atoms with E-state index in [0.717, 1.165) is 54.1 Å². The zero-order valence-corrected chi connectivity index (χ0v) is 19.9. The molecule has 0 spiro atoms. The van der Waals surface area contributed by atoms with Crippen LogP contribution in [0.2, 0.25) is 0 Å². The standard InChI is InChI=1S/C27H33NO2S/c1-5-8-13-22(11-6-2)24(12-7-3)26-20-28(27-15-10-9-14-25(26)27)31(29,30)23-18-16-21(4)17-19-23/h5,8-10,14-20H,6-7,11-13H2,1-4H3/b8-5+,24-22+. The second kappa shape index (κ2) is 10.1.